The first-order chi connectivity index (χ1) is 19.0. The lowest BCUT2D eigenvalue weighted by Gasteiger charge is -2.25. The minimum atomic E-state index is -3.82. The monoisotopic (exact) mass is 583 g/mol. The Morgan fingerprint density at radius 2 is 1.70 bits per heavy atom. The molecule has 0 bridgehead atoms. The Labute approximate surface area is 236 Å². The number of sulfonamides is 1. The van der Waals surface area contributed by atoms with Crippen LogP contribution in [0.1, 0.15) is 50.6 Å². The van der Waals surface area contributed by atoms with Crippen molar-refractivity contribution in [2.75, 3.05) is 18.4 Å². The molecule has 0 fully saturated rings. The highest BCUT2D eigenvalue weighted by molar-refractivity contribution is 7.89. The van der Waals surface area contributed by atoms with Crippen LogP contribution in [0.2, 0.25) is 0 Å². The number of hydrogen-bond donors (Lipinski definition) is 3. The maximum atomic E-state index is 13.3. The van der Waals surface area contributed by atoms with Crippen molar-refractivity contribution >= 4 is 50.1 Å². The molecule has 0 spiro atoms. The van der Waals surface area contributed by atoms with Gasteiger partial charge in [-0.1, -0.05) is 37.3 Å². The van der Waals surface area contributed by atoms with Crippen LogP contribution in [0.4, 0.5) is 9.80 Å². The van der Waals surface area contributed by atoms with Crippen molar-refractivity contribution in [3.8, 4) is 0 Å². The molecular formula is C27H29N5O6S2. The van der Waals surface area contributed by atoms with Crippen LogP contribution >= 0.6 is 11.3 Å². The van der Waals surface area contributed by atoms with Crippen molar-refractivity contribution in [1.82, 2.24) is 14.5 Å². The number of anilines is 1. The summed E-state index contributed by atoms with van der Waals surface area (Å²) in [6.45, 7) is 4.34. The van der Waals surface area contributed by atoms with E-state index in [0.717, 1.165) is 16.9 Å². The molecule has 210 valence electrons. The number of rotatable bonds is 8. The molecule has 0 saturated carbocycles. The van der Waals surface area contributed by atoms with Crippen molar-refractivity contribution in [2.24, 2.45) is 5.73 Å². The average molecular weight is 584 g/mol. The number of nitrogens with zero attached hydrogens (tertiary/aromatic N) is 2. The molecule has 1 aliphatic rings. The van der Waals surface area contributed by atoms with Crippen LogP contribution in [0.15, 0.2) is 59.5 Å². The standard InChI is InChI=1S/C27H29N5O6S2/c1-3-32(15-18-7-5-4-6-8-18)40(37,38)20-11-9-19(10-12-20)24(34)29-26-23(25(35)30-27(28)36)21-13-14-31(17(2)33)16-22(21)39-26/h4-12H,3,13-16H2,1-2H3,(H,29,34)(H3,28,30,35,36). The summed E-state index contributed by atoms with van der Waals surface area (Å²) >= 11 is 1.14. The zero-order valence-electron chi connectivity index (χ0n) is 22.0. The number of nitrogens with one attached hydrogen (secondary N) is 2. The molecule has 1 aliphatic heterocycles. The van der Waals surface area contributed by atoms with E-state index in [9.17, 15) is 27.6 Å². The normalized spacial score (nSPS) is 13.0. The minimum absolute atomic E-state index is 0.0410. The van der Waals surface area contributed by atoms with Crippen molar-refractivity contribution in [3.05, 3.63) is 81.7 Å². The molecule has 1 aromatic heterocycles. The van der Waals surface area contributed by atoms with Crippen LogP contribution in [-0.2, 0) is 34.3 Å². The van der Waals surface area contributed by atoms with Gasteiger partial charge in [-0.25, -0.2) is 13.2 Å². The van der Waals surface area contributed by atoms with Gasteiger partial charge in [0.15, 0.2) is 0 Å². The first-order valence-corrected chi connectivity index (χ1v) is 14.7. The summed E-state index contributed by atoms with van der Waals surface area (Å²) in [6.07, 6.45) is 0.367. The first kappa shape index (κ1) is 28.9. The van der Waals surface area contributed by atoms with E-state index in [1.807, 2.05) is 35.6 Å². The lowest BCUT2D eigenvalue weighted by atomic mass is 10.0. The van der Waals surface area contributed by atoms with Gasteiger partial charge in [0.25, 0.3) is 11.8 Å². The molecule has 4 rings (SSSR count). The molecule has 3 aromatic rings. The van der Waals surface area contributed by atoms with E-state index in [4.69, 9.17) is 5.73 Å². The smallest absolute Gasteiger partial charge is 0.319 e. The quantitative estimate of drug-likeness (QED) is 0.370. The van der Waals surface area contributed by atoms with Crippen LogP contribution in [-0.4, -0.2) is 54.5 Å². The number of urea groups is 1. The molecule has 0 saturated heterocycles. The fraction of sp³-hybridized carbons (Fsp3) is 0.259. The fourth-order valence-corrected chi connectivity index (χ4v) is 7.12. The summed E-state index contributed by atoms with van der Waals surface area (Å²) in [5, 5.41) is 4.96. The maximum Gasteiger partial charge on any atom is 0.319 e. The molecule has 0 atom stereocenters. The predicted octanol–water partition coefficient (Wildman–Crippen LogP) is 2.92. The fourth-order valence-electron chi connectivity index (χ4n) is 4.43. The molecule has 4 N–H and O–H groups in total. The van der Waals surface area contributed by atoms with Gasteiger partial charge in [-0.3, -0.25) is 19.7 Å². The number of fused-ring (bicyclic) bond motifs is 1. The Balaban J connectivity index is 1.57. The molecule has 11 nitrogen and oxygen atoms in total. The zero-order valence-corrected chi connectivity index (χ0v) is 23.6. The number of primary amides is 1. The summed E-state index contributed by atoms with van der Waals surface area (Å²) in [6, 6.07) is 13.7. The zero-order chi connectivity index (χ0) is 29.0. The number of amides is 5. The van der Waals surface area contributed by atoms with Gasteiger partial charge < -0.3 is 16.0 Å². The van der Waals surface area contributed by atoms with E-state index in [0.29, 0.717) is 23.4 Å². The molecule has 0 unspecified atom stereocenters. The SMILES string of the molecule is CCN(Cc1ccccc1)S(=O)(=O)c1ccc(C(=O)Nc2sc3c(c2C(=O)NC(N)=O)CCN(C(C)=O)C3)cc1. The Bertz CT molecular complexity index is 1550. The number of carbonyl (C=O) groups is 4. The molecule has 0 radical (unpaired) electrons. The molecule has 5 amide bonds. The summed E-state index contributed by atoms with van der Waals surface area (Å²) < 4.78 is 27.9. The number of hydrogen-bond acceptors (Lipinski definition) is 7. The van der Waals surface area contributed by atoms with Gasteiger partial charge in [0.05, 0.1) is 17.0 Å². The topological polar surface area (TPSA) is 159 Å². The molecule has 0 aliphatic carbocycles. The second kappa shape index (κ2) is 12.0. The summed E-state index contributed by atoms with van der Waals surface area (Å²) in [5.41, 5.74) is 6.92. The first-order valence-electron chi connectivity index (χ1n) is 12.5. The average Bonchev–Trinajstić information content (AvgIpc) is 3.28. The Kier molecular flexibility index (Phi) is 8.67. The van der Waals surface area contributed by atoms with Gasteiger partial charge in [-0.2, -0.15) is 4.31 Å². The highest BCUT2D eigenvalue weighted by Gasteiger charge is 2.30. The number of nitrogens with two attached hydrogens (primary N) is 1. The largest absolute Gasteiger partial charge is 0.351 e. The third-order valence-electron chi connectivity index (χ3n) is 6.50. The van der Waals surface area contributed by atoms with Crippen LogP contribution in [0.5, 0.6) is 0 Å². The van der Waals surface area contributed by atoms with Gasteiger partial charge >= 0.3 is 6.03 Å². The Morgan fingerprint density at radius 1 is 1.02 bits per heavy atom. The summed E-state index contributed by atoms with van der Waals surface area (Å²) in [4.78, 5) is 51.5. The Hall–Kier alpha value is -4.07. The molecule has 2 heterocycles. The highest BCUT2D eigenvalue weighted by atomic mass is 32.2. The number of thiophene rings is 1. The van der Waals surface area contributed by atoms with E-state index in [-0.39, 0.29) is 46.6 Å². The van der Waals surface area contributed by atoms with Crippen LogP contribution in [0, 0.1) is 0 Å². The molecule has 40 heavy (non-hydrogen) atoms. The van der Waals surface area contributed by atoms with Crippen LogP contribution in [0.25, 0.3) is 0 Å². The molecule has 13 heteroatoms. The van der Waals surface area contributed by atoms with Gasteiger partial charge in [-0.15, -0.1) is 11.3 Å². The second-order valence-electron chi connectivity index (χ2n) is 9.11. The van der Waals surface area contributed by atoms with Crippen molar-refractivity contribution in [3.63, 3.8) is 0 Å². The predicted molar refractivity (Wildman–Crippen MR) is 150 cm³/mol. The summed E-state index contributed by atoms with van der Waals surface area (Å²) in [5.74, 6) is -1.44. The molecule has 2 aromatic carbocycles. The maximum absolute atomic E-state index is 13.3. The van der Waals surface area contributed by atoms with Crippen molar-refractivity contribution in [2.45, 2.75) is 38.3 Å². The molecular weight excluding hydrogens is 554 g/mol. The lowest BCUT2D eigenvalue weighted by molar-refractivity contribution is -0.129. The number of imide groups is 1. The van der Waals surface area contributed by atoms with Crippen LogP contribution in [0.3, 0.4) is 0 Å². The van der Waals surface area contributed by atoms with Gasteiger partial charge in [0.2, 0.25) is 15.9 Å². The van der Waals surface area contributed by atoms with Crippen molar-refractivity contribution < 1.29 is 27.6 Å². The van der Waals surface area contributed by atoms with E-state index in [1.165, 1.54) is 35.5 Å². The van der Waals surface area contributed by atoms with E-state index in [1.54, 1.807) is 11.8 Å². The minimum Gasteiger partial charge on any atom is -0.351 e. The summed E-state index contributed by atoms with van der Waals surface area (Å²) in [7, 11) is -3.82. The van der Waals surface area contributed by atoms with E-state index < -0.39 is 27.9 Å². The third kappa shape index (κ3) is 6.22. The third-order valence-corrected chi connectivity index (χ3v) is 9.57. The van der Waals surface area contributed by atoms with E-state index >= 15 is 0 Å². The second-order valence-corrected chi connectivity index (χ2v) is 12.2. The highest BCUT2D eigenvalue weighted by Crippen LogP contribution is 2.37. The van der Waals surface area contributed by atoms with Crippen molar-refractivity contribution in [1.29, 1.82) is 0 Å². The number of carbonyl (C=O) groups excluding carboxylic acids is 4. The van der Waals surface area contributed by atoms with Crippen LogP contribution < -0.4 is 16.4 Å². The van der Waals surface area contributed by atoms with E-state index in [2.05, 4.69) is 5.32 Å². The van der Waals surface area contributed by atoms with Gasteiger partial charge in [0, 0.05) is 37.0 Å². The van der Waals surface area contributed by atoms with Gasteiger partial charge in [0.1, 0.15) is 5.00 Å². The lowest BCUT2D eigenvalue weighted by Crippen LogP contribution is -2.37. The van der Waals surface area contributed by atoms with Gasteiger partial charge in [-0.05, 0) is 41.8 Å². The number of benzene rings is 2. The Morgan fingerprint density at radius 3 is 2.30 bits per heavy atom.